The zero-order valence-corrected chi connectivity index (χ0v) is 6.64. The summed E-state index contributed by atoms with van der Waals surface area (Å²) in [4.78, 5) is 22.5. The molecule has 0 saturated carbocycles. The molecule has 2 rings (SSSR count). The van der Waals surface area contributed by atoms with Crippen LogP contribution in [0.1, 0.15) is 0 Å². The van der Waals surface area contributed by atoms with Crippen molar-refractivity contribution >= 4 is 11.9 Å². The molecule has 2 aliphatic rings. The number of hydrogen-bond acceptors (Lipinski definition) is 3. The lowest BCUT2D eigenvalue weighted by atomic mass is 10.1. The molecule has 2 heterocycles. The number of carbonyl (C=O) groups is 2. The second kappa shape index (κ2) is 2.66. The highest BCUT2D eigenvalue weighted by atomic mass is 19.1. The maximum Gasteiger partial charge on any atom is 0.408 e. The summed E-state index contributed by atoms with van der Waals surface area (Å²) in [6, 6.07) is -0.924. The van der Waals surface area contributed by atoms with Gasteiger partial charge in [-0.1, -0.05) is 0 Å². The maximum absolute atomic E-state index is 13.1. The number of alkyl halides is 1. The van der Waals surface area contributed by atoms with Crippen molar-refractivity contribution < 1.29 is 23.8 Å². The van der Waals surface area contributed by atoms with Crippen LogP contribution in [-0.2, 0) is 9.53 Å². The van der Waals surface area contributed by atoms with Crippen molar-refractivity contribution in [3.63, 3.8) is 0 Å². The molecule has 72 valence electrons. The zero-order valence-electron chi connectivity index (χ0n) is 6.64. The molecule has 1 N–H and O–H groups in total. The van der Waals surface area contributed by atoms with Gasteiger partial charge in [-0.05, 0) is 0 Å². The molecular formula is C7H8FNO4. The SMILES string of the molecule is O=C1CO[C@H]2[C@@H]1N(C(=O)O)C[C@@H]2F. The van der Waals surface area contributed by atoms with Crippen LogP contribution in [0.25, 0.3) is 0 Å². The molecule has 2 aliphatic heterocycles. The molecule has 0 aromatic heterocycles. The average Bonchev–Trinajstić information content (AvgIpc) is 2.55. The van der Waals surface area contributed by atoms with Gasteiger partial charge < -0.3 is 9.84 Å². The first-order valence-electron chi connectivity index (χ1n) is 3.89. The number of fused-ring (bicyclic) bond motifs is 1. The first-order valence-corrected chi connectivity index (χ1v) is 3.89. The largest absolute Gasteiger partial charge is 0.465 e. The number of ether oxygens (including phenoxy) is 1. The molecule has 0 aromatic carbocycles. The molecule has 3 atom stereocenters. The van der Waals surface area contributed by atoms with E-state index in [0.717, 1.165) is 4.90 Å². The van der Waals surface area contributed by atoms with Crippen molar-refractivity contribution in [1.29, 1.82) is 0 Å². The third-order valence-electron chi connectivity index (χ3n) is 2.37. The summed E-state index contributed by atoms with van der Waals surface area (Å²) in [6.45, 7) is -0.448. The molecule has 1 amide bonds. The van der Waals surface area contributed by atoms with Gasteiger partial charge in [0.15, 0.2) is 5.78 Å². The highest BCUT2D eigenvalue weighted by molar-refractivity contribution is 5.91. The Morgan fingerprint density at radius 1 is 1.69 bits per heavy atom. The Labute approximate surface area is 73.1 Å². The molecular weight excluding hydrogens is 181 g/mol. The lowest BCUT2D eigenvalue weighted by Crippen LogP contribution is -2.41. The number of rotatable bonds is 0. The van der Waals surface area contributed by atoms with Gasteiger partial charge in [0, 0.05) is 0 Å². The summed E-state index contributed by atoms with van der Waals surface area (Å²) in [5.74, 6) is -0.354. The minimum absolute atomic E-state index is 0.181. The van der Waals surface area contributed by atoms with E-state index in [9.17, 15) is 14.0 Å². The fourth-order valence-electron chi connectivity index (χ4n) is 1.79. The van der Waals surface area contributed by atoms with Gasteiger partial charge in [0.2, 0.25) is 0 Å². The lowest BCUT2D eigenvalue weighted by molar-refractivity contribution is -0.121. The number of carbonyl (C=O) groups excluding carboxylic acids is 1. The first-order chi connectivity index (χ1) is 6.11. The second-order valence-corrected chi connectivity index (χ2v) is 3.14. The van der Waals surface area contributed by atoms with Crippen molar-refractivity contribution in [1.82, 2.24) is 4.90 Å². The Kier molecular flexibility index (Phi) is 1.73. The summed E-state index contributed by atoms with van der Waals surface area (Å²) in [6.07, 6.45) is -3.54. The van der Waals surface area contributed by atoms with Crippen LogP contribution in [0.4, 0.5) is 9.18 Å². The summed E-state index contributed by atoms with van der Waals surface area (Å²) >= 11 is 0. The number of ketones is 1. The van der Waals surface area contributed by atoms with Crippen LogP contribution in [0.15, 0.2) is 0 Å². The average molecular weight is 189 g/mol. The van der Waals surface area contributed by atoms with Gasteiger partial charge in [0.05, 0.1) is 6.54 Å². The van der Waals surface area contributed by atoms with Crippen molar-refractivity contribution in [2.75, 3.05) is 13.2 Å². The number of likely N-dealkylation sites (tertiary alicyclic amines) is 1. The van der Waals surface area contributed by atoms with Gasteiger partial charge in [-0.15, -0.1) is 0 Å². The van der Waals surface area contributed by atoms with E-state index >= 15 is 0 Å². The fourth-order valence-corrected chi connectivity index (χ4v) is 1.79. The van der Waals surface area contributed by atoms with Crippen LogP contribution in [-0.4, -0.2) is 53.4 Å². The van der Waals surface area contributed by atoms with Crippen LogP contribution in [0, 0.1) is 0 Å². The van der Waals surface area contributed by atoms with E-state index in [-0.39, 0.29) is 18.9 Å². The molecule has 0 aliphatic carbocycles. The molecule has 13 heavy (non-hydrogen) atoms. The van der Waals surface area contributed by atoms with Crippen LogP contribution >= 0.6 is 0 Å². The maximum atomic E-state index is 13.1. The summed E-state index contributed by atoms with van der Waals surface area (Å²) in [5, 5.41) is 8.65. The van der Waals surface area contributed by atoms with E-state index in [4.69, 9.17) is 9.84 Å². The predicted molar refractivity (Wildman–Crippen MR) is 38.2 cm³/mol. The number of Topliss-reactive ketones (excluding diaryl/α,β-unsaturated/α-hetero) is 1. The Balaban J connectivity index is 2.24. The van der Waals surface area contributed by atoms with Gasteiger partial charge >= 0.3 is 6.09 Å². The van der Waals surface area contributed by atoms with E-state index in [1.807, 2.05) is 0 Å². The summed E-state index contributed by atoms with van der Waals surface area (Å²) < 4.78 is 17.9. The Morgan fingerprint density at radius 2 is 2.38 bits per heavy atom. The van der Waals surface area contributed by atoms with E-state index in [0.29, 0.717) is 0 Å². The zero-order chi connectivity index (χ0) is 9.59. The number of nitrogens with zero attached hydrogens (tertiary/aromatic N) is 1. The molecule has 0 unspecified atom stereocenters. The molecule has 0 radical (unpaired) electrons. The van der Waals surface area contributed by atoms with Crippen molar-refractivity contribution in [2.24, 2.45) is 0 Å². The minimum atomic E-state index is -1.38. The normalized spacial score (nSPS) is 38.1. The number of halogens is 1. The van der Waals surface area contributed by atoms with Gasteiger partial charge in [0.25, 0.3) is 0 Å². The van der Waals surface area contributed by atoms with E-state index < -0.39 is 24.4 Å². The van der Waals surface area contributed by atoms with Crippen LogP contribution in [0.3, 0.4) is 0 Å². The van der Waals surface area contributed by atoms with Crippen LogP contribution < -0.4 is 0 Å². The monoisotopic (exact) mass is 189 g/mol. The molecule has 2 saturated heterocycles. The fraction of sp³-hybridized carbons (Fsp3) is 0.714. The van der Waals surface area contributed by atoms with E-state index in [2.05, 4.69) is 0 Å². The van der Waals surface area contributed by atoms with Crippen LogP contribution in [0.5, 0.6) is 0 Å². The highest BCUT2D eigenvalue weighted by Crippen LogP contribution is 2.29. The molecule has 2 fully saturated rings. The predicted octanol–water partition coefficient (Wildman–Crippen LogP) is -0.345. The van der Waals surface area contributed by atoms with Gasteiger partial charge in [-0.2, -0.15) is 0 Å². The first kappa shape index (κ1) is 8.43. The van der Waals surface area contributed by atoms with E-state index in [1.54, 1.807) is 0 Å². The van der Waals surface area contributed by atoms with Crippen molar-refractivity contribution in [3.8, 4) is 0 Å². The lowest BCUT2D eigenvalue weighted by Gasteiger charge is -2.16. The standard InChI is InChI=1S/C7H8FNO4/c8-3-1-9(7(11)12)5-4(10)2-13-6(3)5/h3,5-6H,1-2H2,(H,11,12)/t3-,5+,6+/m0/s1. The Hall–Kier alpha value is -1.17. The van der Waals surface area contributed by atoms with Gasteiger partial charge in [-0.3, -0.25) is 9.69 Å². The summed E-state index contributed by atoms with van der Waals surface area (Å²) in [5.41, 5.74) is 0. The topological polar surface area (TPSA) is 66.8 Å². The molecule has 0 aromatic rings. The Bertz CT molecular complexity index is 269. The molecule has 6 heteroatoms. The minimum Gasteiger partial charge on any atom is -0.465 e. The van der Waals surface area contributed by atoms with Crippen molar-refractivity contribution in [3.05, 3.63) is 0 Å². The molecule has 0 bridgehead atoms. The third-order valence-corrected chi connectivity index (χ3v) is 2.37. The van der Waals surface area contributed by atoms with Gasteiger partial charge in [0.1, 0.15) is 24.9 Å². The second-order valence-electron chi connectivity index (χ2n) is 3.14. The van der Waals surface area contributed by atoms with Crippen LogP contribution in [0.2, 0.25) is 0 Å². The number of carboxylic acid groups (broad SMARTS) is 1. The number of amides is 1. The molecule has 5 nitrogen and oxygen atoms in total. The highest BCUT2D eigenvalue weighted by Gasteiger charge is 2.52. The van der Waals surface area contributed by atoms with Crippen molar-refractivity contribution in [2.45, 2.75) is 18.3 Å². The third kappa shape index (κ3) is 1.09. The smallest absolute Gasteiger partial charge is 0.408 e. The Morgan fingerprint density at radius 3 is 3.00 bits per heavy atom. The number of hydrogen-bond donors (Lipinski definition) is 1. The molecule has 0 spiro atoms. The van der Waals surface area contributed by atoms with E-state index in [1.165, 1.54) is 0 Å². The summed E-state index contributed by atoms with van der Waals surface area (Å²) in [7, 11) is 0. The van der Waals surface area contributed by atoms with Gasteiger partial charge in [-0.25, -0.2) is 9.18 Å². The quantitative estimate of drug-likeness (QED) is 0.565.